The number of fused-ring (bicyclic) bond motifs is 1. The average Bonchev–Trinajstić information content (AvgIpc) is 2.57. The molecule has 102 valence electrons. The number of aromatic nitrogens is 2. The molecule has 0 N–H and O–H groups in total. The van der Waals surface area contributed by atoms with Gasteiger partial charge >= 0.3 is 0 Å². The van der Waals surface area contributed by atoms with E-state index in [0.717, 1.165) is 0 Å². The highest BCUT2D eigenvalue weighted by Crippen LogP contribution is 2.44. The molecule has 0 radical (unpaired) electrons. The van der Waals surface area contributed by atoms with Gasteiger partial charge in [0.2, 0.25) is 0 Å². The highest BCUT2D eigenvalue weighted by Gasteiger charge is 2.44. The van der Waals surface area contributed by atoms with Gasteiger partial charge in [-0.05, 0) is 40.5 Å². The summed E-state index contributed by atoms with van der Waals surface area (Å²) in [5.41, 5.74) is -0.0610. The van der Waals surface area contributed by atoms with Crippen molar-refractivity contribution in [3.05, 3.63) is 17.0 Å². The van der Waals surface area contributed by atoms with Crippen molar-refractivity contribution >= 4 is 0 Å². The van der Waals surface area contributed by atoms with Crippen molar-refractivity contribution in [2.24, 2.45) is 0 Å². The van der Waals surface area contributed by atoms with Gasteiger partial charge < -0.3 is 0 Å². The average molecular weight is 260 g/mol. The van der Waals surface area contributed by atoms with Crippen LogP contribution in [0.1, 0.15) is 63.7 Å². The van der Waals surface area contributed by atoms with Crippen molar-refractivity contribution in [3.8, 4) is 0 Å². The molecule has 2 nitrogen and oxygen atoms in total. The van der Waals surface area contributed by atoms with Crippen LogP contribution in [0.5, 0.6) is 0 Å². The molecular weight excluding hydrogens is 241 g/mol. The molecule has 0 fully saturated rings. The van der Waals surface area contributed by atoms with E-state index in [0.29, 0.717) is 18.4 Å². The molecule has 5 heteroatoms. The Balaban J connectivity index is 2.69. The predicted molar refractivity (Wildman–Crippen MR) is 63.6 cm³/mol. The van der Waals surface area contributed by atoms with E-state index in [1.807, 2.05) is 0 Å². The summed E-state index contributed by atoms with van der Waals surface area (Å²) < 4.78 is 43.0. The van der Waals surface area contributed by atoms with Crippen molar-refractivity contribution < 1.29 is 13.2 Å². The zero-order chi connectivity index (χ0) is 13.7. The summed E-state index contributed by atoms with van der Waals surface area (Å²) in [6.45, 7) is 6.76. The molecule has 1 aliphatic rings. The number of hydrogen-bond donors (Lipinski definition) is 0. The van der Waals surface area contributed by atoms with Gasteiger partial charge in [-0.3, -0.25) is 4.68 Å². The second-order valence-corrected chi connectivity index (χ2v) is 5.97. The summed E-state index contributed by atoms with van der Waals surface area (Å²) in [5, 5.41) is 4.12. The van der Waals surface area contributed by atoms with Crippen LogP contribution < -0.4 is 0 Å². The lowest BCUT2D eigenvalue weighted by Gasteiger charge is -2.29. The summed E-state index contributed by atoms with van der Waals surface area (Å²) in [4.78, 5) is 0. The normalized spacial score (nSPS) is 20.6. The Kier molecular flexibility index (Phi) is 2.98. The van der Waals surface area contributed by atoms with E-state index in [9.17, 15) is 13.2 Å². The summed E-state index contributed by atoms with van der Waals surface area (Å²) in [6, 6.07) is 0. The van der Waals surface area contributed by atoms with E-state index < -0.39 is 17.6 Å². The maximum absolute atomic E-state index is 14.1. The van der Waals surface area contributed by atoms with Crippen molar-refractivity contribution in [1.29, 1.82) is 0 Å². The summed E-state index contributed by atoms with van der Waals surface area (Å²) in [5.74, 6) is -2.90. The fourth-order valence-electron chi connectivity index (χ4n) is 2.50. The van der Waals surface area contributed by atoms with Crippen LogP contribution in [0.15, 0.2) is 0 Å². The molecule has 1 unspecified atom stereocenters. The Bertz CT molecular complexity index is 456. The molecule has 1 aromatic heterocycles. The van der Waals surface area contributed by atoms with Crippen LogP contribution in [0.4, 0.5) is 13.2 Å². The van der Waals surface area contributed by atoms with Gasteiger partial charge in [0, 0.05) is 12.0 Å². The molecule has 2 rings (SSSR count). The molecule has 0 spiro atoms. The molecule has 0 bridgehead atoms. The maximum atomic E-state index is 14.1. The maximum Gasteiger partial charge on any atom is 0.289 e. The fourth-order valence-corrected chi connectivity index (χ4v) is 2.50. The zero-order valence-corrected chi connectivity index (χ0v) is 11.2. The van der Waals surface area contributed by atoms with E-state index in [1.165, 1.54) is 11.6 Å². The van der Waals surface area contributed by atoms with Gasteiger partial charge in [0.15, 0.2) is 0 Å². The van der Waals surface area contributed by atoms with E-state index in [2.05, 4.69) is 5.10 Å². The quantitative estimate of drug-likeness (QED) is 0.743. The van der Waals surface area contributed by atoms with Gasteiger partial charge in [0.25, 0.3) is 5.92 Å². The Hall–Kier alpha value is -1.00. The Labute approximate surface area is 105 Å². The molecule has 1 atom stereocenters. The fraction of sp³-hybridized carbons (Fsp3) is 0.769. The Morgan fingerprint density at radius 1 is 1.33 bits per heavy atom. The van der Waals surface area contributed by atoms with Gasteiger partial charge in [0.1, 0.15) is 17.6 Å². The third-order valence-corrected chi connectivity index (χ3v) is 3.29. The van der Waals surface area contributed by atoms with Gasteiger partial charge in [-0.1, -0.05) is 0 Å². The first-order valence-electron chi connectivity index (χ1n) is 6.29. The molecule has 0 amide bonds. The molecule has 1 heterocycles. The smallest absolute Gasteiger partial charge is 0.258 e. The van der Waals surface area contributed by atoms with Crippen LogP contribution in [-0.2, 0) is 17.9 Å². The number of halogens is 3. The summed E-state index contributed by atoms with van der Waals surface area (Å²) >= 11 is 0. The van der Waals surface area contributed by atoms with Crippen molar-refractivity contribution in [3.63, 3.8) is 0 Å². The molecule has 0 aromatic carbocycles. The van der Waals surface area contributed by atoms with E-state index >= 15 is 0 Å². The van der Waals surface area contributed by atoms with Crippen LogP contribution >= 0.6 is 0 Å². The lowest BCUT2D eigenvalue weighted by Crippen LogP contribution is -2.32. The second kappa shape index (κ2) is 4.00. The standard InChI is InChI=1S/C13H19F3N2/c1-8(14)10-9-6-5-7-13(15,16)11(9)18(17-10)12(2,3)4/h8H,5-7H2,1-4H3. The largest absolute Gasteiger partial charge is 0.289 e. The minimum atomic E-state index is -2.90. The molecule has 1 aromatic rings. The molecule has 0 saturated carbocycles. The van der Waals surface area contributed by atoms with Crippen LogP contribution in [-0.4, -0.2) is 9.78 Å². The Morgan fingerprint density at radius 2 is 1.94 bits per heavy atom. The van der Waals surface area contributed by atoms with Crippen LogP contribution in [0.25, 0.3) is 0 Å². The van der Waals surface area contributed by atoms with E-state index in [1.54, 1.807) is 20.8 Å². The first kappa shape index (κ1) is 13.4. The monoisotopic (exact) mass is 260 g/mol. The SMILES string of the molecule is CC(F)c1nn(C(C)(C)C)c2c1CCCC2(F)F. The Morgan fingerprint density at radius 3 is 2.44 bits per heavy atom. The molecule has 1 aliphatic carbocycles. The van der Waals surface area contributed by atoms with Crippen LogP contribution in [0.3, 0.4) is 0 Å². The number of alkyl halides is 3. The predicted octanol–water partition coefficient (Wildman–Crippen LogP) is 4.10. The lowest BCUT2D eigenvalue weighted by molar-refractivity contribution is -0.0338. The first-order valence-corrected chi connectivity index (χ1v) is 6.29. The summed E-state index contributed by atoms with van der Waals surface area (Å²) in [7, 11) is 0. The van der Waals surface area contributed by atoms with Crippen molar-refractivity contribution in [2.75, 3.05) is 0 Å². The molecule has 0 saturated heterocycles. The highest BCUT2D eigenvalue weighted by molar-refractivity contribution is 5.34. The molecule has 0 aliphatic heterocycles. The van der Waals surface area contributed by atoms with Crippen LogP contribution in [0, 0.1) is 0 Å². The second-order valence-electron chi connectivity index (χ2n) is 5.97. The van der Waals surface area contributed by atoms with E-state index in [4.69, 9.17) is 0 Å². The highest BCUT2D eigenvalue weighted by atomic mass is 19.3. The van der Waals surface area contributed by atoms with E-state index in [-0.39, 0.29) is 17.8 Å². The van der Waals surface area contributed by atoms with Gasteiger partial charge in [-0.2, -0.15) is 13.9 Å². The van der Waals surface area contributed by atoms with Gasteiger partial charge in [-0.15, -0.1) is 0 Å². The van der Waals surface area contributed by atoms with Crippen molar-refractivity contribution in [2.45, 2.75) is 64.6 Å². The number of nitrogens with zero attached hydrogens (tertiary/aromatic N) is 2. The molecule has 18 heavy (non-hydrogen) atoms. The first-order chi connectivity index (χ1) is 8.14. The molecular formula is C13H19F3N2. The minimum absolute atomic E-state index is 0.0826. The zero-order valence-electron chi connectivity index (χ0n) is 11.2. The number of rotatable bonds is 1. The lowest BCUT2D eigenvalue weighted by atomic mass is 9.91. The summed E-state index contributed by atoms with van der Waals surface area (Å²) in [6.07, 6.45) is -0.613. The number of hydrogen-bond acceptors (Lipinski definition) is 1. The third-order valence-electron chi connectivity index (χ3n) is 3.29. The third kappa shape index (κ3) is 2.04. The topological polar surface area (TPSA) is 17.8 Å². The van der Waals surface area contributed by atoms with Gasteiger partial charge in [0.05, 0.1) is 5.54 Å². The van der Waals surface area contributed by atoms with Crippen LogP contribution in [0.2, 0.25) is 0 Å². The van der Waals surface area contributed by atoms with Gasteiger partial charge in [-0.25, -0.2) is 4.39 Å². The van der Waals surface area contributed by atoms with Crippen molar-refractivity contribution in [1.82, 2.24) is 9.78 Å². The minimum Gasteiger partial charge on any atom is -0.258 e.